The Kier molecular flexibility index (Phi) is 53.5. The van der Waals surface area contributed by atoms with E-state index in [0.29, 0.717) is 0 Å². The van der Waals surface area contributed by atoms with Crippen LogP contribution in [-0.4, -0.2) is 20.4 Å². The summed E-state index contributed by atoms with van der Waals surface area (Å²) in [4.78, 5) is 24.0. The van der Waals surface area contributed by atoms with Gasteiger partial charge in [-0.15, -0.1) is 0 Å². The van der Waals surface area contributed by atoms with E-state index in [-0.39, 0.29) is 17.1 Å². The predicted octanol–water partition coefficient (Wildman–Crippen LogP) is 1.16. The molecule has 13 heavy (non-hydrogen) atoms. The molecule has 0 saturated heterocycles. The van der Waals surface area contributed by atoms with Crippen LogP contribution in [0.5, 0.6) is 0 Å². The van der Waals surface area contributed by atoms with Crippen LogP contribution in [0.2, 0.25) is 0 Å². The molecule has 75 valence electrons. The molecule has 1 radical (unpaired) electrons. The number of hydrogen-bond donors (Lipinski definition) is 0. The first kappa shape index (κ1) is 22.6. The summed E-state index contributed by atoms with van der Waals surface area (Å²) >= 11 is 0. The van der Waals surface area contributed by atoms with Gasteiger partial charge in [0.2, 0.25) is 0 Å². The minimum absolute atomic E-state index is 0. The maximum atomic E-state index is 8.00. The van der Waals surface area contributed by atoms with Crippen molar-refractivity contribution in [1.29, 1.82) is 0 Å². The van der Waals surface area contributed by atoms with Crippen LogP contribution in [0, 0.1) is 6.92 Å². The normalized spacial score (nSPS) is 5.00. The smallest absolute Gasteiger partial charge is 0.106 e. The van der Waals surface area contributed by atoms with E-state index in [1.807, 2.05) is 32.5 Å². The number of hydrogen-bond acceptors (Lipinski definition) is 3. The Bertz CT molecular complexity index is 147. The van der Waals surface area contributed by atoms with E-state index < -0.39 is 0 Å². The first-order valence-corrected chi connectivity index (χ1v) is 2.94. The van der Waals surface area contributed by atoms with E-state index in [0.717, 1.165) is 0 Å². The van der Waals surface area contributed by atoms with E-state index in [1.165, 1.54) is 5.56 Å². The summed E-state index contributed by atoms with van der Waals surface area (Å²) in [6, 6.07) is 8.24. The van der Waals surface area contributed by atoms with Crippen LogP contribution in [0.25, 0.3) is 0 Å². The minimum atomic E-state index is 0. The molecule has 4 heteroatoms. The number of aryl methyl sites for hydroxylation is 1. The van der Waals surface area contributed by atoms with Gasteiger partial charge in [0.25, 0.3) is 0 Å². The predicted molar refractivity (Wildman–Crippen MR) is 48.1 cm³/mol. The maximum Gasteiger partial charge on any atom is 0.106 e. The van der Waals surface area contributed by atoms with Crippen molar-refractivity contribution in [1.82, 2.24) is 0 Å². The average molecular weight is 224 g/mol. The van der Waals surface area contributed by atoms with Crippen molar-refractivity contribution < 1.29 is 31.5 Å². The second kappa shape index (κ2) is 30.7. The fourth-order valence-corrected chi connectivity index (χ4v) is 0.470. The van der Waals surface area contributed by atoms with Gasteiger partial charge in [0, 0.05) is 17.1 Å². The quantitative estimate of drug-likeness (QED) is 0.490. The summed E-state index contributed by atoms with van der Waals surface area (Å²) in [5.74, 6) is 0. The van der Waals surface area contributed by atoms with Gasteiger partial charge >= 0.3 is 0 Å². The molecule has 0 N–H and O–H groups in total. The first-order valence-electron chi connectivity index (χ1n) is 2.94. The third-order valence-corrected chi connectivity index (χ3v) is 0.829. The molecular formula is C9H13MnO3-. The van der Waals surface area contributed by atoms with Crippen LogP contribution in [0.4, 0.5) is 0 Å². The molecule has 0 spiro atoms. The summed E-state index contributed by atoms with van der Waals surface area (Å²) in [6.45, 7) is 8.08. The molecule has 0 fully saturated rings. The molecule has 0 unspecified atom stereocenters. The Hall–Kier alpha value is -1.12. The summed E-state index contributed by atoms with van der Waals surface area (Å²) in [7, 11) is 0. The average Bonchev–Trinajstić information content (AvgIpc) is 2.66. The Morgan fingerprint density at radius 2 is 1.08 bits per heavy atom. The monoisotopic (exact) mass is 224 g/mol. The van der Waals surface area contributed by atoms with Gasteiger partial charge in [0.15, 0.2) is 0 Å². The molecule has 0 atom stereocenters. The van der Waals surface area contributed by atoms with Crippen LogP contribution >= 0.6 is 0 Å². The molecule has 0 aliphatic rings. The number of carbonyl (C=O) groups excluding carboxylic acids is 3. The van der Waals surface area contributed by atoms with Crippen LogP contribution in [0.3, 0.4) is 0 Å². The zero-order chi connectivity index (χ0) is 10.4. The summed E-state index contributed by atoms with van der Waals surface area (Å²) in [5, 5.41) is 0. The Morgan fingerprint density at radius 1 is 0.846 bits per heavy atom. The Balaban J connectivity index is -0.0000000508. The second-order valence-corrected chi connectivity index (χ2v) is 1.46. The molecule has 0 amide bonds. The summed E-state index contributed by atoms with van der Waals surface area (Å²) in [5.41, 5.74) is 1.34. The molecule has 1 rings (SSSR count). The SMILES string of the molecule is C=O.C=O.C=O.C[c-]1cccc1.[Mn]. The molecule has 0 heterocycles. The zero-order valence-corrected chi connectivity index (χ0v) is 8.71. The maximum absolute atomic E-state index is 8.00. The van der Waals surface area contributed by atoms with Crippen molar-refractivity contribution in [3.8, 4) is 0 Å². The van der Waals surface area contributed by atoms with Crippen LogP contribution in [-0.2, 0) is 31.5 Å². The van der Waals surface area contributed by atoms with Gasteiger partial charge in [-0.1, -0.05) is 6.92 Å². The van der Waals surface area contributed by atoms with Crippen LogP contribution in [0.15, 0.2) is 24.3 Å². The molecule has 0 aliphatic carbocycles. The van der Waals surface area contributed by atoms with Crippen molar-refractivity contribution in [2.45, 2.75) is 6.92 Å². The van der Waals surface area contributed by atoms with E-state index in [4.69, 9.17) is 14.4 Å². The fraction of sp³-hybridized carbons (Fsp3) is 0.111. The van der Waals surface area contributed by atoms with Gasteiger partial charge in [-0.05, 0) is 0 Å². The van der Waals surface area contributed by atoms with E-state index in [9.17, 15) is 0 Å². The second-order valence-electron chi connectivity index (χ2n) is 1.46. The number of rotatable bonds is 0. The molecule has 0 bridgehead atoms. The Labute approximate surface area is 89.0 Å². The standard InChI is InChI=1S/C6H7.3CH2O.Mn/c1-6-4-2-3-5-6;3*1-2;/h2-5H,1H3;3*1H2;/q-1;;;;. The van der Waals surface area contributed by atoms with E-state index >= 15 is 0 Å². The van der Waals surface area contributed by atoms with Crippen LogP contribution in [0.1, 0.15) is 5.56 Å². The topological polar surface area (TPSA) is 51.2 Å². The molecule has 0 aliphatic heterocycles. The molecule has 0 saturated carbocycles. The molecule has 3 nitrogen and oxygen atoms in total. The van der Waals surface area contributed by atoms with Crippen LogP contribution < -0.4 is 0 Å². The van der Waals surface area contributed by atoms with Crippen molar-refractivity contribution in [3.63, 3.8) is 0 Å². The van der Waals surface area contributed by atoms with E-state index in [2.05, 4.69) is 19.1 Å². The van der Waals surface area contributed by atoms with Crippen molar-refractivity contribution in [2.24, 2.45) is 0 Å². The number of carbonyl (C=O) groups is 3. The van der Waals surface area contributed by atoms with Gasteiger partial charge in [0.1, 0.15) is 20.4 Å². The summed E-state index contributed by atoms with van der Waals surface area (Å²) < 4.78 is 0. The van der Waals surface area contributed by atoms with Gasteiger partial charge in [-0.25, -0.2) is 12.1 Å². The van der Waals surface area contributed by atoms with Gasteiger partial charge in [-0.2, -0.15) is 17.7 Å². The first-order chi connectivity index (χ1) is 5.89. The molecular weight excluding hydrogens is 211 g/mol. The minimum Gasteiger partial charge on any atom is -0.307 e. The van der Waals surface area contributed by atoms with Crippen molar-refractivity contribution >= 4 is 20.4 Å². The third-order valence-electron chi connectivity index (χ3n) is 0.829. The van der Waals surface area contributed by atoms with Crippen molar-refractivity contribution in [2.75, 3.05) is 0 Å². The van der Waals surface area contributed by atoms with E-state index in [1.54, 1.807) is 0 Å². The molecule has 0 aromatic heterocycles. The fourth-order valence-electron chi connectivity index (χ4n) is 0.470. The third kappa shape index (κ3) is 24.8. The largest absolute Gasteiger partial charge is 0.307 e. The van der Waals surface area contributed by atoms with Gasteiger partial charge in [-0.3, -0.25) is 0 Å². The van der Waals surface area contributed by atoms with Gasteiger partial charge in [0.05, 0.1) is 0 Å². The summed E-state index contributed by atoms with van der Waals surface area (Å²) in [6.07, 6.45) is 0. The molecule has 1 aromatic rings. The Morgan fingerprint density at radius 3 is 1.15 bits per heavy atom. The molecule has 1 aromatic carbocycles. The van der Waals surface area contributed by atoms with Crippen molar-refractivity contribution in [3.05, 3.63) is 29.8 Å². The zero-order valence-electron chi connectivity index (χ0n) is 7.53. The van der Waals surface area contributed by atoms with Gasteiger partial charge < -0.3 is 14.4 Å².